The fraction of sp³-hybridized carbons (Fsp3) is 0.364. The molecule has 7 nitrogen and oxygen atoms in total. The van der Waals surface area contributed by atoms with Gasteiger partial charge >= 0.3 is 5.97 Å². The second-order valence-electron chi connectivity index (χ2n) is 4.32. The number of benzene rings is 1. The molecule has 4 N–H and O–H groups in total. The van der Waals surface area contributed by atoms with Crippen molar-refractivity contribution < 1.29 is 22.5 Å². The predicted octanol–water partition coefficient (Wildman–Crippen LogP) is 0.0123. The summed E-state index contributed by atoms with van der Waals surface area (Å²) in [4.78, 5) is 10.7. The molecule has 0 aliphatic carbocycles. The van der Waals surface area contributed by atoms with Gasteiger partial charge in [-0.2, -0.15) is 0 Å². The molecule has 0 aromatic heterocycles. The van der Waals surface area contributed by atoms with Crippen LogP contribution >= 0.6 is 0 Å². The van der Waals surface area contributed by atoms with Gasteiger partial charge in [0, 0.05) is 34.5 Å². The first-order valence-corrected chi connectivity index (χ1v) is 8.79. The minimum absolute atomic E-state index is 0.129. The summed E-state index contributed by atoms with van der Waals surface area (Å²) in [5.74, 6) is -1.23. The Bertz CT molecular complexity index is 642. The van der Waals surface area contributed by atoms with E-state index >= 15 is 0 Å². The molecule has 2 unspecified atom stereocenters. The minimum Gasteiger partial charge on any atom is -0.478 e. The fourth-order valence-corrected chi connectivity index (χ4v) is 4.02. The molecule has 1 rings (SSSR count). The van der Waals surface area contributed by atoms with Gasteiger partial charge in [-0.15, -0.1) is 0 Å². The second-order valence-corrected chi connectivity index (χ2v) is 7.49. The molecule has 20 heavy (non-hydrogen) atoms. The molecule has 0 heterocycles. The van der Waals surface area contributed by atoms with E-state index in [1.807, 2.05) is 0 Å². The van der Waals surface area contributed by atoms with E-state index in [0.717, 1.165) is 12.1 Å². The molecule has 0 fully saturated rings. The van der Waals surface area contributed by atoms with Crippen LogP contribution in [-0.4, -0.2) is 41.8 Å². The van der Waals surface area contributed by atoms with Crippen molar-refractivity contribution in [2.75, 3.05) is 17.7 Å². The van der Waals surface area contributed by atoms with Crippen molar-refractivity contribution in [3.63, 3.8) is 0 Å². The number of hydrogen-bond donors (Lipinski definition) is 3. The number of nitrogen functional groups attached to an aromatic ring is 1. The maximum Gasteiger partial charge on any atom is 0.337 e. The van der Waals surface area contributed by atoms with Crippen LogP contribution in [0.3, 0.4) is 0 Å². The summed E-state index contributed by atoms with van der Waals surface area (Å²) in [6.07, 6.45) is 1.45. The maximum absolute atomic E-state index is 12.2. The van der Waals surface area contributed by atoms with E-state index < -0.39 is 37.7 Å². The van der Waals surface area contributed by atoms with Crippen LogP contribution in [0, 0.1) is 0 Å². The zero-order valence-electron chi connectivity index (χ0n) is 11.0. The van der Waals surface area contributed by atoms with E-state index in [9.17, 15) is 17.4 Å². The number of rotatable bonds is 6. The van der Waals surface area contributed by atoms with E-state index in [-0.39, 0.29) is 17.0 Å². The molecule has 0 bridgehead atoms. The fourth-order valence-electron chi connectivity index (χ4n) is 1.65. The van der Waals surface area contributed by atoms with Gasteiger partial charge < -0.3 is 10.8 Å². The summed E-state index contributed by atoms with van der Waals surface area (Å²) >= 11 is 0. The summed E-state index contributed by atoms with van der Waals surface area (Å²) in [5.41, 5.74) is 5.28. The smallest absolute Gasteiger partial charge is 0.337 e. The van der Waals surface area contributed by atoms with Crippen molar-refractivity contribution in [3.8, 4) is 0 Å². The number of carboxylic acid groups (broad SMARTS) is 1. The zero-order valence-corrected chi connectivity index (χ0v) is 12.6. The Hall–Kier alpha value is -1.45. The molecule has 0 radical (unpaired) electrons. The van der Waals surface area contributed by atoms with E-state index in [2.05, 4.69) is 4.72 Å². The van der Waals surface area contributed by atoms with Crippen LogP contribution in [0.1, 0.15) is 17.3 Å². The van der Waals surface area contributed by atoms with Gasteiger partial charge in [0.15, 0.2) is 0 Å². The Labute approximate surface area is 119 Å². The zero-order chi connectivity index (χ0) is 15.5. The average Bonchev–Trinajstić information content (AvgIpc) is 2.26. The largest absolute Gasteiger partial charge is 0.478 e. The number of anilines is 1. The van der Waals surface area contributed by atoms with Crippen LogP contribution in [0.2, 0.25) is 0 Å². The standard InChI is InChI=1S/C11H16N2O5S2/c1-7(6-19(2)16)13-20(17,18)10-5-8(12)3-4-9(10)11(14)15/h3-5,7,13H,6,12H2,1-2H3,(H,14,15). The first-order valence-electron chi connectivity index (χ1n) is 5.58. The summed E-state index contributed by atoms with van der Waals surface area (Å²) in [5, 5.41) is 9.02. The van der Waals surface area contributed by atoms with Crippen molar-refractivity contribution >= 4 is 32.5 Å². The Morgan fingerprint density at radius 3 is 2.60 bits per heavy atom. The lowest BCUT2D eigenvalue weighted by atomic mass is 10.2. The van der Waals surface area contributed by atoms with Gasteiger partial charge in [-0.3, -0.25) is 4.21 Å². The Morgan fingerprint density at radius 2 is 2.10 bits per heavy atom. The van der Waals surface area contributed by atoms with E-state index in [4.69, 9.17) is 10.8 Å². The Kier molecular flexibility index (Phi) is 5.26. The Balaban J connectivity index is 3.18. The van der Waals surface area contributed by atoms with Gasteiger partial charge in [0.25, 0.3) is 0 Å². The number of nitrogens with two attached hydrogens (primary N) is 1. The number of carbonyl (C=O) groups is 1. The predicted molar refractivity (Wildman–Crippen MR) is 76.5 cm³/mol. The monoisotopic (exact) mass is 320 g/mol. The van der Waals surface area contributed by atoms with Crippen molar-refractivity contribution in [2.45, 2.75) is 17.9 Å². The summed E-state index contributed by atoms with van der Waals surface area (Å²) < 4.78 is 37.7. The quantitative estimate of drug-likeness (QED) is 0.634. The highest BCUT2D eigenvalue weighted by atomic mass is 32.2. The number of carboxylic acids is 1. The highest BCUT2D eigenvalue weighted by Gasteiger charge is 2.24. The first kappa shape index (κ1) is 16.6. The Morgan fingerprint density at radius 1 is 1.50 bits per heavy atom. The van der Waals surface area contributed by atoms with Crippen molar-refractivity contribution in [2.24, 2.45) is 0 Å². The van der Waals surface area contributed by atoms with Crippen LogP contribution in [0.5, 0.6) is 0 Å². The lowest BCUT2D eigenvalue weighted by Crippen LogP contribution is -2.36. The molecule has 0 saturated carbocycles. The van der Waals surface area contributed by atoms with Crippen LogP contribution in [-0.2, 0) is 20.8 Å². The number of hydrogen-bond acceptors (Lipinski definition) is 5. The molecule has 0 amide bonds. The molecular weight excluding hydrogens is 304 g/mol. The molecule has 1 aromatic carbocycles. The molecule has 0 aliphatic rings. The molecule has 1 aromatic rings. The van der Waals surface area contributed by atoms with Gasteiger partial charge in [0.05, 0.1) is 10.5 Å². The number of nitrogens with one attached hydrogen (secondary N) is 1. The molecule has 9 heteroatoms. The van der Waals surface area contributed by atoms with Gasteiger partial charge in [0.1, 0.15) is 0 Å². The average molecular weight is 320 g/mol. The van der Waals surface area contributed by atoms with Crippen LogP contribution in [0.4, 0.5) is 5.69 Å². The molecule has 2 atom stereocenters. The third-order valence-electron chi connectivity index (χ3n) is 2.37. The minimum atomic E-state index is -4.05. The maximum atomic E-state index is 12.2. The van der Waals surface area contributed by atoms with Crippen molar-refractivity contribution in [1.29, 1.82) is 0 Å². The van der Waals surface area contributed by atoms with E-state index in [0.29, 0.717) is 0 Å². The van der Waals surface area contributed by atoms with Crippen LogP contribution in [0.15, 0.2) is 23.1 Å². The number of aromatic carboxylic acids is 1. The van der Waals surface area contributed by atoms with Crippen LogP contribution in [0.25, 0.3) is 0 Å². The van der Waals surface area contributed by atoms with Crippen molar-refractivity contribution in [1.82, 2.24) is 4.72 Å². The highest BCUT2D eigenvalue weighted by molar-refractivity contribution is 7.89. The molecule has 0 saturated heterocycles. The van der Waals surface area contributed by atoms with E-state index in [1.54, 1.807) is 6.92 Å². The third-order valence-corrected chi connectivity index (χ3v) is 4.97. The SMILES string of the molecule is CC(CS(C)=O)NS(=O)(=O)c1cc(N)ccc1C(=O)O. The van der Waals surface area contributed by atoms with E-state index in [1.165, 1.54) is 12.3 Å². The highest BCUT2D eigenvalue weighted by Crippen LogP contribution is 2.19. The molecular formula is C11H16N2O5S2. The van der Waals surface area contributed by atoms with Crippen molar-refractivity contribution in [3.05, 3.63) is 23.8 Å². The molecule has 0 spiro atoms. The normalized spacial score (nSPS) is 14.7. The molecule has 112 valence electrons. The lowest BCUT2D eigenvalue weighted by molar-refractivity contribution is 0.0692. The van der Waals surface area contributed by atoms with Gasteiger partial charge in [0.2, 0.25) is 10.0 Å². The van der Waals surface area contributed by atoms with Gasteiger partial charge in [-0.25, -0.2) is 17.9 Å². The first-order chi connectivity index (χ1) is 9.13. The lowest BCUT2D eigenvalue weighted by Gasteiger charge is -2.14. The van der Waals surface area contributed by atoms with Gasteiger partial charge in [-0.05, 0) is 25.1 Å². The molecule has 0 aliphatic heterocycles. The third kappa shape index (κ3) is 4.29. The topological polar surface area (TPSA) is 127 Å². The second kappa shape index (κ2) is 6.33. The summed E-state index contributed by atoms with van der Waals surface area (Å²) in [6, 6.07) is 2.94. The van der Waals surface area contributed by atoms with Gasteiger partial charge in [-0.1, -0.05) is 0 Å². The summed E-state index contributed by atoms with van der Waals surface area (Å²) in [6.45, 7) is 1.55. The number of sulfonamides is 1. The summed E-state index contributed by atoms with van der Waals surface area (Å²) in [7, 11) is -5.22. The van der Waals surface area contributed by atoms with Crippen LogP contribution < -0.4 is 10.5 Å².